The van der Waals surface area contributed by atoms with E-state index in [0.717, 1.165) is 6.42 Å². The molecule has 6 nitrogen and oxygen atoms in total. The summed E-state index contributed by atoms with van der Waals surface area (Å²) < 4.78 is 5.38. The van der Waals surface area contributed by atoms with Gasteiger partial charge < -0.3 is 15.2 Å². The van der Waals surface area contributed by atoms with Crippen LogP contribution < -0.4 is 5.32 Å². The first-order valence-electron chi connectivity index (χ1n) is 7.47. The van der Waals surface area contributed by atoms with E-state index >= 15 is 0 Å². The number of carboxylic acid groups (broad SMARTS) is 1. The van der Waals surface area contributed by atoms with Crippen LogP contribution in [0.4, 0.5) is 5.69 Å². The zero-order chi connectivity index (χ0) is 16.3. The Morgan fingerprint density at radius 2 is 2.00 bits per heavy atom. The van der Waals surface area contributed by atoms with E-state index in [2.05, 4.69) is 21.2 Å². The predicted octanol–water partition coefficient (Wildman–Crippen LogP) is 1.89. The number of fused-ring (bicyclic) bond motifs is 1. The maximum atomic E-state index is 12.7. The molecule has 2 bridgehead atoms. The van der Waals surface area contributed by atoms with Crippen molar-refractivity contribution < 1.29 is 24.2 Å². The molecule has 23 heavy (non-hydrogen) atoms. The number of esters is 1. The summed E-state index contributed by atoms with van der Waals surface area (Å²) in [4.78, 5) is 36.0. The molecule has 1 aromatic carbocycles. The van der Waals surface area contributed by atoms with Crippen molar-refractivity contribution in [3.8, 4) is 0 Å². The number of ether oxygens (including phenoxy) is 1. The molecule has 3 aliphatic rings. The lowest BCUT2D eigenvalue weighted by Gasteiger charge is -2.27. The molecule has 120 valence electrons. The number of carbonyl (C=O) groups is 3. The summed E-state index contributed by atoms with van der Waals surface area (Å²) in [6, 6.07) is 6.25. The van der Waals surface area contributed by atoms with Gasteiger partial charge in [0.25, 0.3) is 0 Å². The quantitative estimate of drug-likeness (QED) is 0.617. The van der Waals surface area contributed by atoms with Gasteiger partial charge in [0.2, 0.25) is 5.91 Å². The first-order valence-corrected chi connectivity index (χ1v) is 8.38. The molecule has 2 saturated carbocycles. The van der Waals surface area contributed by atoms with Crippen LogP contribution in [0.3, 0.4) is 0 Å². The number of aromatic carboxylic acids is 1. The van der Waals surface area contributed by atoms with E-state index in [1.165, 1.54) is 6.07 Å². The van der Waals surface area contributed by atoms with Gasteiger partial charge in [-0.15, -0.1) is 0 Å². The van der Waals surface area contributed by atoms with Crippen molar-refractivity contribution >= 4 is 39.5 Å². The number of hydrogen-bond acceptors (Lipinski definition) is 4. The summed E-state index contributed by atoms with van der Waals surface area (Å²) in [6.45, 7) is 0. The summed E-state index contributed by atoms with van der Waals surface area (Å²) in [5.74, 6) is -2.48. The molecule has 6 atom stereocenters. The van der Waals surface area contributed by atoms with Crippen molar-refractivity contribution in [1.29, 1.82) is 0 Å². The van der Waals surface area contributed by atoms with Gasteiger partial charge in [-0.25, -0.2) is 4.79 Å². The molecule has 0 unspecified atom stereocenters. The average molecular weight is 380 g/mol. The second kappa shape index (κ2) is 5.06. The van der Waals surface area contributed by atoms with Crippen LogP contribution in [0.15, 0.2) is 24.3 Å². The molecule has 0 spiro atoms. The van der Waals surface area contributed by atoms with Crippen LogP contribution in [0, 0.1) is 23.7 Å². The van der Waals surface area contributed by atoms with Crippen LogP contribution in [0.1, 0.15) is 16.8 Å². The second-order valence-corrected chi connectivity index (χ2v) is 7.36. The van der Waals surface area contributed by atoms with Crippen molar-refractivity contribution in [2.75, 3.05) is 5.32 Å². The van der Waals surface area contributed by atoms with E-state index < -0.39 is 17.8 Å². The Kier molecular flexibility index (Phi) is 3.23. The number of benzene rings is 1. The number of anilines is 1. The lowest BCUT2D eigenvalue weighted by molar-refractivity contribution is -0.145. The van der Waals surface area contributed by atoms with Gasteiger partial charge in [-0.3, -0.25) is 9.59 Å². The average Bonchev–Trinajstić information content (AvgIpc) is 3.11. The maximum Gasteiger partial charge on any atom is 0.337 e. The highest BCUT2D eigenvalue weighted by atomic mass is 79.9. The topological polar surface area (TPSA) is 92.7 Å². The molecule has 1 amide bonds. The molecule has 1 aromatic rings. The summed E-state index contributed by atoms with van der Waals surface area (Å²) in [7, 11) is 0. The zero-order valence-corrected chi connectivity index (χ0v) is 13.5. The van der Waals surface area contributed by atoms with Crippen molar-refractivity contribution in [3.05, 3.63) is 29.8 Å². The van der Waals surface area contributed by atoms with E-state index in [1.807, 2.05) is 0 Å². The number of rotatable bonds is 3. The Labute approximate surface area is 140 Å². The summed E-state index contributed by atoms with van der Waals surface area (Å²) >= 11 is 3.56. The second-order valence-electron chi connectivity index (χ2n) is 6.30. The Balaban J connectivity index is 1.61. The third-order valence-corrected chi connectivity index (χ3v) is 6.44. The first kappa shape index (κ1) is 14.7. The molecule has 3 fully saturated rings. The van der Waals surface area contributed by atoms with Crippen molar-refractivity contribution in [1.82, 2.24) is 0 Å². The minimum Gasteiger partial charge on any atom is -0.478 e. The molecule has 2 N–H and O–H groups in total. The molecule has 0 aromatic heterocycles. The van der Waals surface area contributed by atoms with Gasteiger partial charge in [0, 0.05) is 5.92 Å². The van der Waals surface area contributed by atoms with Gasteiger partial charge >= 0.3 is 11.9 Å². The first-order chi connectivity index (χ1) is 11.0. The van der Waals surface area contributed by atoms with E-state index in [0.29, 0.717) is 0 Å². The van der Waals surface area contributed by atoms with Gasteiger partial charge in [0.1, 0.15) is 6.10 Å². The van der Waals surface area contributed by atoms with E-state index in [-0.39, 0.29) is 45.9 Å². The normalized spacial score (nSPS) is 36.8. The molecule has 1 heterocycles. The number of para-hydroxylation sites is 1. The Bertz CT molecular complexity index is 720. The fraction of sp³-hybridized carbons (Fsp3) is 0.438. The number of carboxylic acids is 1. The van der Waals surface area contributed by atoms with Gasteiger partial charge in [-0.2, -0.15) is 0 Å². The van der Waals surface area contributed by atoms with E-state index in [4.69, 9.17) is 4.74 Å². The minimum atomic E-state index is -1.10. The van der Waals surface area contributed by atoms with Crippen LogP contribution >= 0.6 is 15.9 Å². The van der Waals surface area contributed by atoms with Gasteiger partial charge in [-0.1, -0.05) is 28.1 Å². The van der Waals surface area contributed by atoms with Crippen LogP contribution in [0.5, 0.6) is 0 Å². The lowest BCUT2D eigenvalue weighted by atomic mass is 9.79. The van der Waals surface area contributed by atoms with Crippen LogP contribution in [-0.4, -0.2) is 33.9 Å². The summed E-state index contributed by atoms with van der Waals surface area (Å²) in [6.07, 6.45) is 0.656. The van der Waals surface area contributed by atoms with Gasteiger partial charge in [-0.05, 0) is 24.5 Å². The van der Waals surface area contributed by atoms with Gasteiger partial charge in [0.15, 0.2) is 0 Å². The monoisotopic (exact) mass is 379 g/mol. The highest BCUT2D eigenvalue weighted by Crippen LogP contribution is 2.60. The van der Waals surface area contributed by atoms with E-state index in [1.54, 1.807) is 18.2 Å². The minimum absolute atomic E-state index is 0.0133. The third-order valence-electron chi connectivity index (χ3n) is 5.24. The molecule has 4 rings (SSSR count). The fourth-order valence-electron chi connectivity index (χ4n) is 4.33. The summed E-state index contributed by atoms with van der Waals surface area (Å²) in [5.41, 5.74) is 0.285. The zero-order valence-electron chi connectivity index (χ0n) is 11.9. The van der Waals surface area contributed by atoms with Crippen molar-refractivity contribution in [2.24, 2.45) is 23.7 Å². The van der Waals surface area contributed by atoms with Crippen LogP contribution in [-0.2, 0) is 14.3 Å². The summed E-state index contributed by atoms with van der Waals surface area (Å²) in [5, 5.41) is 11.9. The van der Waals surface area contributed by atoms with Crippen LogP contribution in [0.2, 0.25) is 0 Å². The molecule has 2 aliphatic carbocycles. The van der Waals surface area contributed by atoms with Crippen LogP contribution in [0.25, 0.3) is 0 Å². The van der Waals surface area contributed by atoms with Gasteiger partial charge in [0.05, 0.1) is 27.9 Å². The highest BCUT2D eigenvalue weighted by molar-refractivity contribution is 9.09. The van der Waals surface area contributed by atoms with E-state index in [9.17, 15) is 19.5 Å². The molecule has 1 aliphatic heterocycles. The van der Waals surface area contributed by atoms with Crippen molar-refractivity contribution in [2.45, 2.75) is 17.4 Å². The Hall–Kier alpha value is -1.89. The maximum absolute atomic E-state index is 12.7. The number of halogens is 1. The predicted molar refractivity (Wildman–Crippen MR) is 83.2 cm³/mol. The number of amides is 1. The molecular weight excluding hydrogens is 366 g/mol. The molecular formula is C16H14BrNO5. The Morgan fingerprint density at radius 1 is 1.26 bits per heavy atom. The largest absolute Gasteiger partial charge is 0.478 e. The molecule has 1 saturated heterocycles. The Morgan fingerprint density at radius 3 is 2.74 bits per heavy atom. The number of hydrogen-bond donors (Lipinski definition) is 2. The number of nitrogens with one attached hydrogen (secondary N) is 1. The SMILES string of the molecule is O=C(O)c1ccccc1NC(=O)[C@@H]1[C@H]2C[C@H]3[C@H](OC(=O)[C@@H]31)[C@@H]2Br. The molecule has 0 radical (unpaired) electrons. The smallest absolute Gasteiger partial charge is 0.337 e. The fourth-order valence-corrected chi connectivity index (χ4v) is 5.37. The number of alkyl halides is 1. The standard InChI is InChI=1S/C16H14BrNO5/c17-12-7-5-8-11(16(22)23-13(8)12)10(7)14(19)18-9-4-2-1-3-6(9)15(20)21/h1-4,7-8,10-13H,5H2,(H,18,19)(H,20,21)/t7-,8-,10-,11+,12-,13+/m1/s1. The lowest BCUT2D eigenvalue weighted by Crippen LogP contribution is -2.40. The van der Waals surface area contributed by atoms with Crippen molar-refractivity contribution in [3.63, 3.8) is 0 Å². The molecule has 7 heteroatoms. The third kappa shape index (κ3) is 2.02. The number of carbonyl (C=O) groups excluding carboxylic acids is 2. The highest BCUT2D eigenvalue weighted by Gasteiger charge is 2.67.